The minimum Gasteiger partial charge on any atom is -0.363 e. The first kappa shape index (κ1) is 13.8. The third-order valence-corrected chi connectivity index (χ3v) is 4.51. The number of nitrogens with one attached hydrogen (secondary N) is 2. The molecule has 2 nitrogen and oxygen atoms in total. The summed E-state index contributed by atoms with van der Waals surface area (Å²) in [4.78, 5) is 0. The van der Waals surface area contributed by atoms with E-state index < -0.39 is 0 Å². The van der Waals surface area contributed by atoms with E-state index in [1.165, 1.54) is 18.4 Å². The minimum absolute atomic E-state index is 0.264. The third kappa shape index (κ3) is 2.86. The van der Waals surface area contributed by atoms with Crippen LogP contribution in [0, 0.1) is 0 Å². The van der Waals surface area contributed by atoms with E-state index in [9.17, 15) is 0 Å². The first-order chi connectivity index (χ1) is 8.58. The third-order valence-electron chi connectivity index (χ3n) is 3.72. The summed E-state index contributed by atoms with van der Waals surface area (Å²) in [6.45, 7) is 5.14. The van der Waals surface area contributed by atoms with Crippen LogP contribution in [0.15, 0.2) is 28.7 Å². The van der Waals surface area contributed by atoms with Gasteiger partial charge in [-0.2, -0.15) is 0 Å². The molecule has 4 heteroatoms. The lowest BCUT2D eigenvalue weighted by molar-refractivity contribution is 0.507. The van der Waals surface area contributed by atoms with Gasteiger partial charge in [0.15, 0.2) is 5.11 Å². The van der Waals surface area contributed by atoms with Crippen molar-refractivity contribution in [1.29, 1.82) is 0 Å². The highest BCUT2D eigenvalue weighted by Gasteiger charge is 2.48. The topological polar surface area (TPSA) is 24.1 Å². The van der Waals surface area contributed by atoms with Gasteiger partial charge in [-0.15, -0.1) is 0 Å². The van der Waals surface area contributed by atoms with Gasteiger partial charge in [-0.1, -0.05) is 28.1 Å². The Morgan fingerprint density at radius 3 is 2.50 bits per heavy atom. The maximum absolute atomic E-state index is 5.27. The van der Waals surface area contributed by atoms with Crippen LogP contribution in [0.2, 0.25) is 0 Å². The van der Waals surface area contributed by atoms with Crippen molar-refractivity contribution in [3.63, 3.8) is 0 Å². The Balaban J connectivity index is 2.07. The molecule has 1 aliphatic rings. The van der Waals surface area contributed by atoms with Crippen LogP contribution in [0.3, 0.4) is 0 Å². The molecule has 98 valence electrons. The molecule has 0 spiro atoms. The molecule has 0 amide bonds. The number of rotatable bonds is 4. The minimum atomic E-state index is 0.264. The highest BCUT2D eigenvalue weighted by molar-refractivity contribution is 9.10. The summed E-state index contributed by atoms with van der Waals surface area (Å²) in [6, 6.07) is 9.03. The summed E-state index contributed by atoms with van der Waals surface area (Å²) >= 11 is 8.75. The zero-order valence-electron chi connectivity index (χ0n) is 10.8. The quantitative estimate of drug-likeness (QED) is 0.830. The van der Waals surface area contributed by atoms with E-state index in [1.807, 2.05) is 0 Å². The molecule has 2 rings (SSSR count). The number of halogens is 1. The molecule has 1 aromatic rings. The van der Waals surface area contributed by atoms with Crippen molar-refractivity contribution < 1.29 is 0 Å². The molecule has 0 aromatic heterocycles. The highest BCUT2D eigenvalue weighted by atomic mass is 79.9. The van der Waals surface area contributed by atoms with Crippen LogP contribution < -0.4 is 10.6 Å². The molecule has 0 radical (unpaired) electrons. The van der Waals surface area contributed by atoms with E-state index in [0.29, 0.717) is 6.04 Å². The second-order valence-electron chi connectivity index (χ2n) is 4.89. The van der Waals surface area contributed by atoms with E-state index in [-0.39, 0.29) is 5.41 Å². The molecule has 1 saturated carbocycles. The average Bonchev–Trinajstić information content (AvgIpc) is 3.11. The maximum Gasteiger partial charge on any atom is 0.166 e. The summed E-state index contributed by atoms with van der Waals surface area (Å²) in [5, 5.41) is 7.31. The van der Waals surface area contributed by atoms with E-state index in [4.69, 9.17) is 12.2 Å². The molecule has 2 N–H and O–H groups in total. The van der Waals surface area contributed by atoms with Gasteiger partial charge < -0.3 is 10.6 Å². The number of thiocarbonyl (C=S) groups is 1. The van der Waals surface area contributed by atoms with Gasteiger partial charge in [0.2, 0.25) is 0 Å². The number of benzene rings is 1. The van der Waals surface area contributed by atoms with Gasteiger partial charge in [0.05, 0.1) is 0 Å². The SMILES string of the molecule is CCNC(=S)NC(C)C1(c2ccc(Br)cc2)CC1. The van der Waals surface area contributed by atoms with Gasteiger partial charge in [-0.25, -0.2) is 0 Å². The molecule has 1 atom stereocenters. The Labute approximate surface area is 123 Å². The Morgan fingerprint density at radius 1 is 1.39 bits per heavy atom. The van der Waals surface area contributed by atoms with Crippen molar-refractivity contribution >= 4 is 33.3 Å². The first-order valence-electron chi connectivity index (χ1n) is 6.39. The molecule has 0 heterocycles. The lowest BCUT2D eigenvalue weighted by Gasteiger charge is -2.26. The van der Waals surface area contributed by atoms with Crippen molar-refractivity contribution in [2.75, 3.05) is 6.54 Å². The molecule has 0 bridgehead atoms. The van der Waals surface area contributed by atoms with Gasteiger partial charge in [-0.3, -0.25) is 0 Å². The Hall–Kier alpha value is -0.610. The summed E-state index contributed by atoms with van der Waals surface area (Å²) in [5.74, 6) is 0. The average molecular weight is 327 g/mol. The fourth-order valence-corrected chi connectivity index (χ4v) is 3.02. The van der Waals surface area contributed by atoms with Crippen LogP contribution in [0.5, 0.6) is 0 Å². The summed E-state index contributed by atoms with van der Waals surface area (Å²) < 4.78 is 1.13. The second kappa shape index (κ2) is 5.57. The largest absolute Gasteiger partial charge is 0.363 e. The van der Waals surface area contributed by atoms with E-state index in [1.54, 1.807) is 0 Å². The molecular formula is C14H19BrN2S. The molecule has 1 aromatic carbocycles. The lowest BCUT2D eigenvalue weighted by Crippen LogP contribution is -2.46. The highest BCUT2D eigenvalue weighted by Crippen LogP contribution is 2.51. The Bertz CT molecular complexity index is 426. The predicted octanol–water partition coefficient (Wildman–Crippen LogP) is 3.35. The molecular weight excluding hydrogens is 308 g/mol. The van der Waals surface area contributed by atoms with Crippen molar-refractivity contribution in [3.05, 3.63) is 34.3 Å². The predicted molar refractivity (Wildman–Crippen MR) is 83.9 cm³/mol. The smallest absolute Gasteiger partial charge is 0.166 e. The van der Waals surface area contributed by atoms with E-state index in [2.05, 4.69) is 64.7 Å². The number of hydrogen-bond acceptors (Lipinski definition) is 1. The van der Waals surface area contributed by atoms with Crippen molar-refractivity contribution in [2.45, 2.75) is 38.1 Å². The summed E-state index contributed by atoms with van der Waals surface area (Å²) in [6.07, 6.45) is 2.47. The van der Waals surface area contributed by atoms with Gasteiger partial charge in [0.1, 0.15) is 0 Å². The fourth-order valence-electron chi connectivity index (χ4n) is 2.43. The fraction of sp³-hybridized carbons (Fsp3) is 0.500. The molecule has 1 unspecified atom stereocenters. The van der Waals surface area contributed by atoms with Gasteiger partial charge in [0.25, 0.3) is 0 Å². The molecule has 1 aliphatic carbocycles. The molecule has 0 aliphatic heterocycles. The van der Waals surface area contributed by atoms with Crippen LogP contribution >= 0.6 is 28.1 Å². The normalized spacial score (nSPS) is 17.9. The van der Waals surface area contributed by atoms with Gasteiger partial charge in [0, 0.05) is 22.5 Å². The monoisotopic (exact) mass is 326 g/mol. The first-order valence-corrected chi connectivity index (χ1v) is 7.59. The van der Waals surface area contributed by atoms with Crippen LogP contribution in [-0.4, -0.2) is 17.7 Å². The van der Waals surface area contributed by atoms with Crippen molar-refractivity contribution in [1.82, 2.24) is 10.6 Å². The van der Waals surface area contributed by atoms with Gasteiger partial charge in [-0.05, 0) is 56.6 Å². The van der Waals surface area contributed by atoms with Crippen molar-refractivity contribution in [2.24, 2.45) is 0 Å². The van der Waals surface area contributed by atoms with Crippen LogP contribution in [0.1, 0.15) is 32.3 Å². The van der Waals surface area contributed by atoms with Crippen LogP contribution in [0.4, 0.5) is 0 Å². The summed E-state index contributed by atoms with van der Waals surface area (Å²) in [5.41, 5.74) is 1.67. The van der Waals surface area contributed by atoms with E-state index in [0.717, 1.165) is 16.1 Å². The zero-order valence-corrected chi connectivity index (χ0v) is 13.2. The zero-order chi connectivity index (χ0) is 13.2. The standard InChI is InChI=1S/C14H19BrN2S/c1-3-16-13(18)17-10(2)14(8-9-14)11-4-6-12(15)7-5-11/h4-7,10H,3,8-9H2,1-2H3,(H2,16,17,18). The van der Waals surface area contributed by atoms with Gasteiger partial charge >= 0.3 is 0 Å². The Morgan fingerprint density at radius 2 is 2.00 bits per heavy atom. The second-order valence-corrected chi connectivity index (χ2v) is 6.21. The molecule has 0 saturated heterocycles. The van der Waals surface area contributed by atoms with Crippen LogP contribution in [-0.2, 0) is 5.41 Å². The Kier molecular flexibility index (Phi) is 4.28. The van der Waals surface area contributed by atoms with E-state index >= 15 is 0 Å². The van der Waals surface area contributed by atoms with Crippen molar-refractivity contribution in [3.8, 4) is 0 Å². The van der Waals surface area contributed by atoms with Crippen LogP contribution in [0.25, 0.3) is 0 Å². The lowest BCUT2D eigenvalue weighted by atomic mass is 9.89. The number of hydrogen-bond donors (Lipinski definition) is 2. The maximum atomic E-state index is 5.27. The summed E-state index contributed by atoms with van der Waals surface area (Å²) in [7, 11) is 0. The molecule has 1 fully saturated rings. The molecule has 18 heavy (non-hydrogen) atoms.